The fraction of sp³-hybridized carbons (Fsp3) is 0.111. The zero-order valence-electron chi connectivity index (χ0n) is 6.55. The number of fused-ring (bicyclic) bond motifs is 1. The zero-order valence-corrected chi connectivity index (χ0v) is 8.12. The van der Waals surface area contributed by atoms with Crippen LogP contribution in [0, 0.1) is 5.82 Å². The maximum atomic E-state index is 13.5. The predicted octanol–water partition coefficient (Wildman–Crippen LogP) is 3.19. The lowest BCUT2D eigenvalue weighted by molar-refractivity contribution is 0.276. The molecular formula is C9H6ClFOS. The second kappa shape index (κ2) is 3.25. The van der Waals surface area contributed by atoms with Crippen LogP contribution in [0.4, 0.5) is 4.39 Å². The number of benzene rings is 1. The summed E-state index contributed by atoms with van der Waals surface area (Å²) in [5.74, 6) is -0.364. The van der Waals surface area contributed by atoms with Gasteiger partial charge in [0.25, 0.3) is 0 Å². The van der Waals surface area contributed by atoms with Crippen LogP contribution in [-0.2, 0) is 6.61 Å². The lowest BCUT2D eigenvalue weighted by Gasteiger charge is -1.99. The summed E-state index contributed by atoms with van der Waals surface area (Å²) in [4.78, 5) is 0. The van der Waals surface area contributed by atoms with Gasteiger partial charge in [0.1, 0.15) is 5.82 Å². The third kappa shape index (κ3) is 1.33. The topological polar surface area (TPSA) is 20.2 Å². The first-order valence-corrected chi connectivity index (χ1v) is 4.94. The van der Waals surface area contributed by atoms with Crippen LogP contribution in [-0.4, -0.2) is 5.11 Å². The molecule has 0 saturated heterocycles. The molecule has 1 N–H and O–H groups in total. The van der Waals surface area contributed by atoms with E-state index in [4.69, 9.17) is 16.7 Å². The Morgan fingerprint density at radius 3 is 2.92 bits per heavy atom. The van der Waals surface area contributed by atoms with Gasteiger partial charge in [0.2, 0.25) is 0 Å². The van der Waals surface area contributed by atoms with E-state index in [0.717, 1.165) is 0 Å². The number of hydrogen-bond acceptors (Lipinski definition) is 2. The van der Waals surface area contributed by atoms with E-state index in [-0.39, 0.29) is 12.4 Å². The number of rotatable bonds is 1. The van der Waals surface area contributed by atoms with Crippen molar-refractivity contribution >= 4 is 33.0 Å². The summed E-state index contributed by atoms with van der Waals surface area (Å²) in [5, 5.41) is 11.8. The fourth-order valence-corrected chi connectivity index (χ4v) is 2.43. The Hall–Kier alpha value is -0.640. The Balaban J connectivity index is 2.80. The summed E-state index contributed by atoms with van der Waals surface area (Å²) in [6, 6.07) is 3.28. The van der Waals surface area contributed by atoms with Gasteiger partial charge >= 0.3 is 0 Å². The molecule has 0 amide bonds. The van der Waals surface area contributed by atoms with Crippen LogP contribution in [0.2, 0.25) is 5.02 Å². The normalized spacial score (nSPS) is 11.0. The molecule has 0 atom stereocenters. The van der Waals surface area contributed by atoms with Gasteiger partial charge in [-0.2, -0.15) is 0 Å². The van der Waals surface area contributed by atoms with Crippen LogP contribution >= 0.6 is 22.9 Å². The van der Waals surface area contributed by atoms with Crippen LogP contribution in [0.25, 0.3) is 10.1 Å². The van der Waals surface area contributed by atoms with E-state index in [1.807, 2.05) is 0 Å². The Kier molecular flexibility index (Phi) is 2.24. The van der Waals surface area contributed by atoms with Crippen molar-refractivity contribution < 1.29 is 9.50 Å². The first-order chi connectivity index (χ1) is 6.24. The van der Waals surface area contributed by atoms with E-state index in [0.29, 0.717) is 20.7 Å². The average molecular weight is 217 g/mol. The van der Waals surface area contributed by atoms with E-state index in [2.05, 4.69) is 0 Å². The minimum Gasteiger partial charge on any atom is -0.392 e. The first kappa shape index (κ1) is 8.94. The molecule has 0 spiro atoms. The van der Waals surface area contributed by atoms with Crippen LogP contribution in [0.5, 0.6) is 0 Å². The molecule has 2 aromatic rings. The van der Waals surface area contributed by atoms with Crippen LogP contribution in [0.15, 0.2) is 17.5 Å². The molecule has 1 nitrogen and oxygen atoms in total. The highest BCUT2D eigenvalue weighted by Crippen LogP contribution is 2.32. The summed E-state index contributed by atoms with van der Waals surface area (Å²) in [5.41, 5.74) is 0.311. The van der Waals surface area contributed by atoms with Crippen molar-refractivity contribution in [1.82, 2.24) is 0 Å². The SMILES string of the molecule is OCc1ccc2c(Cl)csc2c1F. The molecule has 0 radical (unpaired) electrons. The van der Waals surface area contributed by atoms with Gasteiger partial charge in [-0.3, -0.25) is 0 Å². The van der Waals surface area contributed by atoms with Crippen molar-refractivity contribution in [2.24, 2.45) is 0 Å². The molecular weight excluding hydrogens is 211 g/mol. The minimum absolute atomic E-state index is 0.280. The smallest absolute Gasteiger partial charge is 0.146 e. The lowest BCUT2D eigenvalue weighted by Crippen LogP contribution is -1.88. The zero-order chi connectivity index (χ0) is 9.42. The molecule has 13 heavy (non-hydrogen) atoms. The summed E-state index contributed by atoms with van der Waals surface area (Å²) >= 11 is 7.07. The second-order valence-electron chi connectivity index (χ2n) is 2.66. The van der Waals surface area contributed by atoms with E-state index >= 15 is 0 Å². The molecule has 4 heteroatoms. The number of aliphatic hydroxyl groups excluding tert-OH is 1. The van der Waals surface area contributed by atoms with Gasteiger partial charge in [-0.25, -0.2) is 4.39 Å². The standard InChI is InChI=1S/C9H6ClFOS/c10-7-4-13-9-6(7)2-1-5(3-12)8(9)11/h1-2,4,12H,3H2. The molecule has 2 rings (SSSR count). The van der Waals surface area contributed by atoms with Gasteiger partial charge in [-0.1, -0.05) is 23.7 Å². The molecule has 0 bridgehead atoms. The van der Waals surface area contributed by atoms with Crippen molar-refractivity contribution in [3.63, 3.8) is 0 Å². The van der Waals surface area contributed by atoms with Crippen molar-refractivity contribution in [2.45, 2.75) is 6.61 Å². The average Bonchev–Trinajstić information content (AvgIpc) is 2.50. The van der Waals surface area contributed by atoms with Crippen molar-refractivity contribution in [3.8, 4) is 0 Å². The van der Waals surface area contributed by atoms with E-state index < -0.39 is 0 Å². The summed E-state index contributed by atoms with van der Waals surface area (Å²) in [7, 11) is 0. The molecule has 0 unspecified atom stereocenters. The molecule has 1 aromatic heterocycles. The first-order valence-electron chi connectivity index (χ1n) is 3.69. The minimum atomic E-state index is -0.364. The van der Waals surface area contributed by atoms with Gasteiger partial charge in [-0.15, -0.1) is 11.3 Å². The maximum Gasteiger partial charge on any atom is 0.146 e. The third-order valence-electron chi connectivity index (χ3n) is 1.88. The Morgan fingerprint density at radius 2 is 2.23 bits per heavy atom. The van der Waals surface area contributed by atoms with E-state index in [1.165, 1.54) is 11.3 Å². The van der Waals surface area contributed by atoms with Gasteiger partial charge in [0, 0.05) is 16.3 Å². The van der Waals surface area contributed by atoms with Crippen LogP contribution < -0.4 is 0 Å². The lowest BCUT2D eigenvalue weighted by atomic mass is 10.2. The second-order valence-corrected chi connectivity index (χ2v) is 3.94. The summed E-state index contributed by atoms with van der Waals surface area (Å²) in [6.07, 6.45) is 0. The number of aliphatic hydroxyl groups is 1. The Morgan fingerprint density at radius 1 is 1.46 bits per heavy atom. The molecule has 0 saturated carbocycles. The number of halogens is 2. The molecule has 0 aliphatic heterocycles. The molecule has 0 aliphatic carbocycles. The monoisotopic (exact) mass is 216 g/mol. The summed E-state index contributed by atoms with van der Waals surface area (Å²) in [6.45, 7) is -0.280. The molecule has 0 fully saturated rings. The van der Waals surface area contributed by atoms with Crippen molar-refractivity contribution in [1.29, 1.82) is 0 Å². The Labute approximate surface area is 83.4 Å². The molecule has 1 aromatic carbocycles. The molecule has 0 aliphatic rings. The van der Waals surface area contributed by atoms with Crippen LogP contribution in [0.1, 0.15) is 5.56 Å². The van der Waals surface area contributed by atoms with Gasteiger partial charge in [0.15, 0.2) is 0 Å². The van der Waals surface area contributed by atoms with Gasteiger partial charge in [0.05, 0.1) is 16.3 Å². The highest BCUT2D eigenvalue weighted by molar-refractivity contribution is 7.17. The largest absolute Gasteiger partial charge is 0.392 e. The highest BCUT2D eigenvalue weighted by atomic mass is 35.5. The van der Waals surface area contributed by atoms with Gasteiger partial charge < -0.3 is 5.11 Å². The van der Waals surface area contributed by atoms with Gasteiger partial charge in [-0.05, 0) is 0 Å². The summed E-state index contributed by atoms with van der Waals surface area (Å²) < 4.78 is 14.0. The third-order valence-corrected chi connectivity index (χ3v) is 3.32. The molecule has 68 valence electrons. The van der Waals surface area contributed by atoms with E-state index in [9.17, 15) is 4.39 Å². The van der Waals surface area contributed by atoms with E-state index in [1.54, 1.807) is 17.5 Å². The molecule has 1 heterocycles. The fourth-order valence-electron chi connectivity index (χ4n) is 1.20. The quantitative estimate of drug-likeness (QED) is 0.776. The van der Waals surface area contributed by atoms with Crippen LogP contribution in [0.3, 0.4) is 0 Å². The number of hydrogen-bond donors (Lipinski definition) is 1. The Bertz CT molecular complexity index is 452. The maximum absolute atomic E-state index is 13.5. The van der Waals surface area contributed by atoms with Crippen molar-refractivity contribution in [3.05, 3.63) is 33.9 Å². The number of thiophene rings is 1. The van der Waals surface area contributed by atoms with Crippen molar-refractivity contribution in [2.75, 3.05) is 0 Å². The highest BCUT2D eigenvalue weighted by Gasteiger charge is 2.10. The predicted molar refractivity (Wildman–Crippen MR) is 52.7 cm³/mol.